The number of amides is 1. The number of rotatable bonds is 5. The number of fused-ring (bicyclic) bond motifs is 1. The molecule has 4 aliphatic rings. The highest BCUT2D eigenvalue weighted by Gasteiger charge is 2.53. The number of carbonyl (C=O) groups excluding carboxylic acids is 1. The summed E-state index contributed by atoms with van der Waals surface area (Å²) in [6.45, 7) is 4.31. The average molecular weight is 521 g/mol. The molecule has 1 amide bonds. The van der Waals surface area contributed by atoms with E-state index in [0.29, 0.717) is 30.4 Å². The van der Waals surface area contributed by atoms with Crippen LogP contribution in [0.15, 0.2) is 18.3 Å². The third-order valence-electron chi connectivity index (χ3n) is 7.73. The Bertz CT molecular complexity index is 931. The number of carboxylic acids is 1. The molecule has 1 aromatic heterocycles. The fourth-order valence-corrected chi connectivity index (χ4v) is 5.83. The third kappa shape index (κ3) is 6.95. The van der Waals surface area contributed by atoms with Crippen molar-refractivity contribution in [2.24, 2.45) is 11.3 Å². The highest BCUT2D eigenvalue weighted by Crippen LogP contribution is 2.49. The molecule has 0 radical (unpaired) electrons. The fraction of sp³-hybridized carbons (Fsp3) is 0.640. The summed E-state index contributed by atoms with van der Waals surface area (Å²) in [6.07, 6.45) is 7.51. The topological polar surface area (TPSA) is 170 Å². The standard InChI is InChI=1S/C23H32N4O4.2CH2O2/c28-21(29)19-2-1-8-24-20(19)27-9-6-16-14-18(26-10-12-31-13-11-26)5-7-23(16,15-27)22(30)25-17-3-4-17;2*2-1-3/h1-2,8,16-18H,3-7,9-15H2,(H,25,30)(H,28,29);2*1H,(H,2,3)/t16-,18-,23-;;/m1../s1. The molecule has 12 heteroatoms. The lowest BCUT2D eigenvalue weighted by Gasteiger charge is -2.53. The lowest BCUT2D eigenvalue weighted by atomic mass is 9.60. The molecule has 3 atom stereocenters. The minimum atomic E-state index is -0.974. The van der Waals surface area contributed by atoms with Crippen molar-refractivity contribution in [2.75, 3.05) is 44.3 Å². The maximum Gasteiger partial charge on any atom is 0.339 e. The molecule has 0 spiro atoms. The zero-order chi connectivity index (χ0) is 26.8. The Labute approximate surface area is 215 Å². The molecule has 5 rings (SSSR count). The van der Waals surface area contributed by atoms with Crippen molar-refractivity contribution in [2.45, 2.75) is 50.6 Å². The van der Waals surface area contributed by atoms with E-state index < -0.39 is 11.4 Å². The van der Waals surface area contributed by atoms with Gasteiger partial charge in [0.05, 0.1) is 18.6 Å². The first-order chi connectivity index (χ1) is 17.9. The van der Waals surface area contributed by atoms with E-state index >= 15 is 0 Å². The molecule has 2 aliphatic heterocycles. The van der Waals surface area contributed by atoms with E-state index in [0.717, 1.165) is 71.4 Å². The highest BCUT2D eigenvalue weighted by molar-refractivity contribution is 5.93. The van der Waals surface area contributed by atoms with Crippen molar-refractivity contribution in [1.82, 2.24) is 15.2 Å². The van der Waals surface area contributed by atoms with Gasteiger partial charge >= 0.3 is 5.97 Å². The van der Waals surface area contributed by atoms with Crippen LogP contribution in [0.4, 0.5) is 5.82 Å². The maximum atomic E-state index is 13.6. The van der Waals surface area contributed by atoms with Crippen LogP contribution in [0.2, 0.25) is 0 Å². The first-order valence-corrected chi connectivity index (χ1v) is 12.6. The summed E-state index contributed by atoms with van der Waals surface area (Å²) in [6, 6.07) is 4.08. The number of hydrogen-bond donors (Lipinski definition) is 4. The molecular weight excluding hydrogens is 484 g/mol. The van der Waals surface area contributed by atoms with Crippen LogP contribution in [0.5, 0.6) is 0 Å². The van der Waals surface area contributed by atoms with Gasteiger partial charge in [-0.2, -0.15) is 0 Å². The number of nitrogens with zero attached hydrogens (tertiary/aromatic N) is 3. The van der Waals surface area contributed by atoms with Crippen LogP contribution in [-0.4, -0.2) is 102 Å². The van der Waals surface area contributed by atoms with Crippen LogP contribution >= 0.6 is 0 Å². The van der Waals surface area contributed by atoms with Gasteiger partial charge in [-0.3, -0.25) is 19.3 Å². The summed E-state index contributed by atoms with van der Waals surface area (Å²) in [5.41, 5.74) is -0.266. The number of hydrogen-bond acceptors (Lipinski definition) is 8. The normalized spacial score (nSPS) is 27.2. The van der Waals surface area contributed by atoms with E-state index in [1.165, 1.54) is 0 Å². The van der Waals surface area contributed by atoms with E-state index in [2.05, 4.69) is 15.2 Å². The monoisotopic (exact) mass is 520 g/mol. The maximum absolute atomic E-state index is 13.6. The van der Waals surface area contributed by atoms with Gasteiger partial charge in [-0.25, -0.2) is 9.78 Å². The molecule has 0 aromatic carbocycles. The zero-order valence-electron chi connectivity index (χ0n) is 20.8. The highest BCUT2D eigenvalue weighted by atomic mass is 16.5. The van der Waals surface area contributed by atoms with Crippen molar-refractivity contribution in [3.05, 3.63) is 23.9 Å². The molecular formula is C25H36N4O8. The number of aromatic nitrogens is 1. The zero-order valence-corrected chi connectivity index (χ0v) is 20.8. The molecule has 0 unspecified atom stereocenters. The van der Waals surface area contributed by atoms with Gasteiger partial charge in [0.2, 0.25) is 5.91 Å². The Hall–Kier alpha value is -3.25. The second-order valence-electron chi connectivity index (χ2n) is 9.78. The average Bonchev–Trinajstić information content (AvgIpc) is 3.73. The Morgan fingerprint density at radius 2 is 1.76 bits per heavy atom. The summed E-state index contributed by atoms with van der Waals surface area (Å²) >= 11 is 0. The number of morpholine rings is 1. The Morgan fingerprint density at radius 3 is 2.38 bits per heavy atom. The summed E-state index contributed by atoms with van der Waals surface area (Å²) in [5, 5.41) is 26.7. The molecule has 2 aliphatic carbocycles. The number of piperidine rings is 1. The number of pyridine rings is 1. The van der Waals surface area contributed by atoms with Crippen LogP contribution in [0.25, 0.3) is 0 Å². The molecule has 4 N–H and O–H groups in total. The van der Waals surface area contributed by atoms with Crippen molar-refractivity contribution in [3.8, 4) is 0 Å². The molecule has 1 aromatic rings. The van der Waals surface area contributed by atoms with Gasteiger partial charge in [-0.15, -0.1) is 0 Å². The first-order valence-electron chi connectivity index (χ1n) is 12.6. The number of ether oxygens (including phenoxy) is 1. The minimum absolute atomic E-state index is 0.165. The fourth-order valence-electron chi connectivity index (χ4n) is 5.83. The SMILES string of the molecule is O=C(O)c1cccnc1N1CC[C@@H]2C[C@H](N3CCOCC3)CC[C@@]2(C(=O)NC2CC2)C1.O=CO.O=CO. The van der Waals surface area contributed by atoms with Crippen molar-refractivity contribution in [3.63, 3.8) is 0 Å². The first kappa shape index (κ1) is 28.3. The van der Waals surface area contributed by atoms with E-state index in [4.69, 9.17) is 24.5 Å². The molecule has 2 saturated carbocycles. The van der Waals surface area contributed by atoms with E-state index in [1.807, 2.05) is 4.90 Å². The quantitative estimate of drug-likeness (QED) is 0.411. The predicted octanol–water partition coefficient (Wildman–Crippen LogP) is 1.16. The smallest absolute Gasteiger partial charge is 0.339 e. The van der Waals surface area contributed by atoms with Crippen molar-refractivity contribution >= 4 is 30.6 Å². The van der Waals surface area contributed by atoms with Crippen molar-refractivity contribution < 1.29 is 39.2 Å². The lowest BCUT2D eigenvalue weighted by Crippen LogP contribution is -2.61. The molecule has 12 nitrogen and oxygen atoms in total. The van der Waals surface area contributed by atoms with Crippen LogP contribution in [0, 0.1) is 11.3 Å². The number of nitrogens with one attached hydrogen (secondary N) is 1. The number of aromatic carboxylic acids is 1. The van der Waals surface area contributed by atoms with Gasteiger partial charge < -0.3 is 30.3 Å². The Balaban J connectivity index is 0.000000580. The Kier molecular flexibility index (Phi) is 10.2. The third-order valence-corrected chi connectivity index (χ3v) is 7.73. The summed E-state index contributed by atoms with van der Waals surface area (Å²) < 4.78 is 5.53. The van der Waals surface area contributed by atoms with E-state index in [-0.39, 0.29) is 24.4 Å². The molecule has 204 valence electrons. The molecule has 0 bridgehead atoms. The lowest BCUT2D eigenvalue weighted by molar-refractivity contribution is -0.139. The van der Waals surface area contributed by atoms with Crippen LogP contribution in [-0.2, 0) is 19.1 Å². The number of anilines is 1. The summed E-state index contributed by atoms with van der Waals surface area (Å²) in [5.74, 6) is -0.0147. The number of carbonyl (C=O) groups is 4. The van der Waals surface area contributed by atoms with Crippen molar-refractivity contribution in [1.29, 1.82) is 0 Å². The minimum Gasteiger partial charge on any atom is -0.483 e. The predicted molar refractivity (Wildman–Crippen MR) is 133 cm³/mol. The van der Waals surface area contributed by atoms with Gasteiger partial charge in [0.15, 0.2) is 0 Å². The molecule has 37 heavy (non-hydrogen) atoms. The van der Waals surface area contributed by atoms with E-state index in [1.54, 1.807) is 18.3 Å². The number of carboxylic acid groups (broad SMARTS) is 3. The molecule has 3 heterocycles. The van der Waals surface area contributed by atoms with E-state index in [9.17, 15) is 14.7 Å². The molecule has 2 saturated heterocycles. The van der Waals surface area contributed by atoms with Gasteiger partial charge in [0.1, 0.15) is 11.4 Å². The Morgan fingerprint density at radius 1 is 1.08 bits per heavy atom. The summed E-state index contributed by atoms with van der Waals surface area (Å²) in [7, 11) is 0. The van der Waals surface area contributed by atoms with Gasteiger partial charge in [-0.05, 0) is 56.6 Å². The van der Waals surface area contributed by atoms with Gasteiger partial charge in [-0.1, -0.05) is 0 Å². The van der Waals surface area contributed by atoms with Crippen LogP contribution in [0.3, 0.4) is 0 Å². The second-order valence-corrected chi connectivity index (χ2v) is 9.78. The van der Waals surface area contributed by atoms with Crippen LogP contribution in [0.1, 0.15) is 48.9 Å². The van der Waals surface area contributed by atoms with Gasteiger partial charge in [0.25, 0.3) is 12.9 Å². The summed E-state index contributed by atoms with van der Waals surface area (Å²) in [4.78, 5) is 51.1. The van der Waals surface area contributed by atoms with Crippen LogP contribution < -0.4 is 10.2 Å². The second kappa shape index (κ2) is 13.3. The largest absolute Gasteiger partial charge is 0.483 e. The molecule has 4 fully saturated rings. The van der Waals surface area contributed by atoms with Gasteiger partial charge in [0, 0.05) is 44.5 Å².